The van der Waals surface area contributed by atoms with Gasteiger partial charge in [-0.2, -0.15) is 0 Å². The standard InChI is InChI=1S/C11H14ClNO3S/c1-7(6-17(2)16)13-11(15)9-5-8(12)3-4-10(9)14/h3-5,7,14H,6H2,1-2H3,(H,13,15). The van der Waals surface area contributed by atoms with Crippen molar-refractivity contribution in [2.24, 2.45) is 0 Å². The molecule has 2 atom stereocenters. The number of hydrogen-bond donors (Lipinski definition) is 2. The van der Waals surface area contributed by atoms with Crippen LogP contribution in [0, 0.1) is 0 Å². The summed E-state index contributed by atoms with van der Waals surface area (Å²) >= 11 is 5.74. The van der Waals surface area contributed by atoms with Gasteiger partial charge in [-0.15, -0.1) is 0 Å². The molecular formula is C11H14ClNO3S. The fourth-order valence-corrected chi connectivity index (χ4v) is 2.34. The average Bonchev–Trinajstić information content (AvgIpc) is 2.20. The van der Waals surface area contributed by atoms with Crippen LogP contribution in [0.25, 0.3) is 0 Å². The number of rotatable bonds is 4. The van der Waals surface area contributed by atoms with Crippen molar-refractivity contribution in [2.75, 3.05) is 12.0 Å². The van der Waals surface area contributed by atoms with Gasteiger partial charge in [0.1, 0.15) is 5.75 Å². The van der Waals surface area contributed by atoms with Crippen LogP contribution >= 0.6 is 11.6 Å². The smallest absolute Gasteiger partial charge is 0.255 e. The number of nitrogens with one attached hydrogen (secondary N) is 1. The number of phenolic OH excluding ortho intramolecular Hbond substituents is 1. The van der Waals surface area contributed by atoms with E-state index in [1.807, 2.05) is 0 Å². The van der Waals surface area contributed by atoms with Gasteiger partial charge in [0.2, 0.25) is 0 Å². The van der Waals surface area contributed by atoms with Crippen molar-refractivity contribution in [3.05, 3.63) is 28.8 Å². The maximum atomic E-state index is 11.8. The highest BCUT2D eigenvalue weighted by Gasteiger charge is 2.14. The fourth-order valence-electron chi connectivity index (χ4n) is 1.39. The SMILES string of the molecule is CC(CS(C)=O)NC(=O)c1cc(Cl)ccc1O. The Morgan fingerprint density at radius 1 is 1.59 bits per heavy atom. The molecule has 1 rings (SSSR count). The number of carbonyl (C=O) groups is 1. The molecule has 6 heteroatoms. The first kappa shape index (κ1) is 14.0. The highest BCUT2D eigenvalue weighted by molar-refractivity contribution is 7.84. The third kappa shape index (κ3) is 4.36. The Kier molecular flexibility index (Phi) is 4.96. The molecule has 0 saturated heterocycles. The van der Waals surface area contributed by atoms with Crippen molar-refractivity contribution in [1.29, 1.82) is 0 Å². The lowest BCUT2D eigenvalue weighted by Gasteiger charge is -2.13. The zero-order valence-corrected chi connectivity index (χ0v) is 11.1. The van der Waals surface area contributed by atoms with Crippen molar-refractivity contribution in [3.8, 4) is 5.75 Å². The van der Waals surface area contributed by atoms with E-state index >= 15 is 0 Å². The van der Waals surface area contributed by atoms with Gasteiger partial charge < -0.3 is 10.4 Å². The molecule has 0 aliphatic heterocycles. The van der Waals surface area contributed by atoms with Gasteiger partial charge >= 0.3 is 0 Å². The maximum Gasteiger partial charge on any atom is 0.255 e. The Morgan fingerprint density at radius 2 is 2.24 bits per heavy atom. The summed E-state index contributed by atoms with van der Waals surface area (Å²) in [4.78, 5) is 11.8. The number of amides is 1. The van der Waals surface area contributed by atoms with E-state index in [0.29, 0.717) is 10.8 Å². The Bertz CT molecular complexity index is 450. The monoisotopic (exact) mass is 275 g/mol. The lowest BCUT2D eigenvalue weighted by Crippen LogP contribution is -2.36. The highest BCUT2D eigenvalue weighted by atomic mass is 35.5. The number of aromatic hydroxyl groups is 1. The third-order valence-electron chi connectivity index (χ3n) is 2.07. The molecular weight excluding hydrogens is 262 g/mol. The Hall–Kier alpha value is -1.07. The quantitative estimate of drug-likeness (QED) is 0.876. The van der Waals surface area contributed by atoms with Crippen molar-refractivity contribution in [3.63, 3.8) is 0 Å². The van der Waals surface area contributed by atoms with E-state index in [-0.39, 0.29) is 17.4 Å². The van der Waals surface area contributed by atoms with Crippen LogP contribution in [0.4, 0.5) is 0 Å². The van der Waals surface area contributed by atoms with Crippen LogP contribution < -0.4 is 5.32 Å². The second-order valence-corrected chi connectivity index (χ2v) is 5.69. The molecule has 0 bridgehead atoms. The molecule has 0 saturated carbocycles. The molecule has 1 aromatic rings. The minimum absolute atomic E-state index is 0.117. The summed E-state index contributed by atoms with van der Waals surface area (Å²) in [5.74, 6) is -0.188. The molecule has 0 spiro atoms. The summed E-state index contributed by atoms with van der Waals surface area (Å²) in [5, 5.41) is 12.5. The number of halogens is 1. The van der Waals surface area contributed by atoms with E-state index in [4.69, 9.17) is 11.6 Å². The van der Waals surface area contributed by atoms with Gasteiger partial charge in [0, 0.05) is 33.9 Å². The van der Waals surface area contributed by atoms with Crippen LogP contribution in [0.15, 0.2) is 18.2 Å². The maximum absolute atomic E-state index is 11.8. The number of phenols is 1. The van der Waals surface area contributed by atoms with Gasteiger partial charge in [0.15, 0.2) is 0 Å². The summed E-state index contributed by atoms with van der Waals surface area (Å²) in [6.07, 6.45) is 1.57. The van der Waals surface area contributed by atoms with Crippen LogP contribution in [0.5, 0.6) is 5.75 Å². The lowest BCUT2D eigenvalue weighted by molar-refractivity contribution is 0.0941. The van der Waals surface area contributed by atoms with Crippen molar-refractivity contribution >= 4 is 28.3 Å². The van der Waals surface area contributed by atoms with Crippen molar-refractivity contribution in [2.45, 2.75) is 13.0 Å². The van der Waals surface area contributed by atoms with E-state index in [9.17, 15) is 14.1 Å². The van der Waals surface area contributed by atoms with Gasteiger partial charge in [0.25, 0.3) is 5.91 Å². The first-order valence-corrected chi connectivity index (χ1v) is 7.10. The van der Waals surface area contributed by atoms with Gasteiger partial charge in [-0.1, -0.05) is 11.6 Å². The zero-order chi connectivity index (χ0) is 13.0. The minimum Gasteiger partial charge on any atom is -0.507 e. The summed E-state index contributed by atoms with van der Waals surface area (Å²) in [6.45, 7) is 1.75. The molecule has 17 heavy (non-hydrogen) atoms. The molecule has 0 aliphatic rings. The topological polar surface area (TPSA) is 66.4 Å². The number of hydrogen-bond acceptors (Lipinski definition) is 3. The normalized spacial score (nSPS) is 14.1. The molecule has 0 fully saturated rings. The molecule has 0 aromatic heterocycles. The van der Waals surface area contributed by atoms with Crippen LogP contribution in [0.2, 0.25) is 5.02 Å². The predicted molar refractivity (Wildman–Crippen MR) is 69.0 cm³/mol. The van der Waals surface area contributed by atoms with Crippen LogP contribution in [-0.4, -0.2) is 33.3 Å². The van der Waals surface area contributed by atoms with Crippen LogP contribution in [0.3, 0.4) is 0 Å². The minimum atomic E-state index is -0.982. The average molecular weight is 276 g/mol. The molecule has 1 amide bonds. The second-order valence-electron chi connectivity index (χ2n) is 3.78. The highest BCUT2D eigenvalue weighted by Crippen LogP contribution is 2.21. The molecule has 2 N–H and O–H groups in total. The van der Waals surface area contributed by atoms with Gasteiger partial charge in [-0.3, -0.25) is 9.00 Å². The van der Waals surface area contributed by atoms with Crippen LogP contribution in [-0.2, 0) is 10.8 Å². The predicted octanol–water partition coefficient (Wildman–Crippen LogP) is 1.54. The van der Waals surface area contributed by atoms with Crippen molar-refractivity contribution in [1.82, 2.24) is 5.32 Å². The van der Waals surface area contributed by atoms with Crippen LogP contribution in [0.1, 0.15) is 17.3 Å². The summed E-state index contributed by atoms with van der Waals surface area (Å²) in [6, 6.07) is 4.02. The molecule has 0 heterocycles. The van der Waals surface area contributed by atoms with Gasteiger partial charge in [-0.05, 0) is 25.1 Å². The molecule has 0 aliphatic carbocycles. The Balaban J connectivity index is 2.76. The third-order valence-corrected chi connectivity index (χ3v) is 3.27. The fraction of sp³-hybridized carbons (Fsp3) is 0.364. The number of carbonyl (C=O) groups excluding carboxylic acids is 1. The summed E-state index contributed by atoms with van der Waals surface area (Å²) in [7, 11) is -0.982. The van der Waals surface area contributed by atoms with Gasteiger partial charge in [0.05, 0.1) is 5.56 Å². The van der Waals surface area contributed by atoms with E-state index < -0.39 is 16.7 Å². The Morgan fingerprint density at radius 3 is 2.82 bits per heavy atom. The number of benzene rings is 1. The first-order chi connectivity index (χ1) is 7.90. The second kappa shape index (κ2) is 6.02. The molecule has 4 nitrogen and oxygen atoms in total. The largest absolute Gasteiger partial charge is 0.507 e. The molecule has 94 valence electrons. The zero-order valence-electron chi connectivity index (χ0n) is 9.57. The molecule has 0 radical (unpaired) electrons. The molecule has 1 aromatic carbocycles. The Labute approximate surface area is 107 Å². The van der Waals surface area contributed by atoms with Crippen molar-refractivity contribution < 1.29 is 14.1 Å². The molecule has 2 unspecified atom stereocenters. The van der Waals surface area contributed by atoms with E-state index in [1.165, 1.54) is 18.2 Å². The van der Waals surface area contributed by atoms with E-state index in [0.717, 1.165) is 0 Å². The summed E-state index contributed by atoms with van der Waals surface area (Å²) in [5.41, 5.74) is 0.117. The van der Waals surface area contributed by atoms with Gasteiger partial charge in [-0.25, -0.2) is 0 Å². The van der Waals surface area contributed by atoms with E-state index in [1.54, 1.807) is 13.2 Å². The lowest BCUT2D eigenvalue weighted by atomic mass is 10.2. The van der Waals surface area contributed by atoms with E-state index in [2.05, 4.69) is 5.32 Å². The summed E-state index contributed by atoms with van der Waals surface area (Å²) < 4.78 is 11.0. The first-order valence-electron chi connectivity index (χ1n) is 4.99.